The molecule has 118 valence electrons. The van der Waals surface area contributed by atoms with Crippen LogP contribution >= 0.6 is 0 Å². The molecule has 23 heavy (non-hydrogen) atoms. The number of allylic oxidation sites excluding steroid dienone is 4. The van der Waals surface area contributed by atoms with Gasteiger partial charge in [0.1, 0.15) is 5.82 Å². The van der Waals surface area contributed by atoms with Gasteiger partial charge in [0.15, 0.2) is 9.84 Å². The maximum atomic E-state index is 13.1. The van der Waals surface area contributed by atoms with Crippen molar-refractivity contribution in [2.24, 2.45) is 5.92 Å². The molecule has 5 heteroatoms. The standard InChI is InChI=1S/C18H16FNO2S/c1-12-9-16(13-3-6-15(7-4-13)23(2,21)22)17(10-12)18-8-5-14(19)11-20-18/h3-12H,1-2H3. The van der Waals surface area contributed by atoms with E-state index in [1.807, 2.05) is 0 Å². The van der Waals surface area contributed by atoms with Crippen molar-refractivity contribution >= 4 is 21.0 Å². The van der Waals surface area contributed by atoms with E-state index in [1.54, 1.807) is 30.3 Å². The molecular weight excluding hydrogens is 313 g/mol. The van der Waals surface area contributed by atoms with Crippen LogP contribution in [0, 0.1) is 11.7 Å². The third-order valence-corrected chi connectivity index (χ3v) is 4.87. The molecule has 0 saturated heterocycles. The number of nitrogens with zero attached hydrogens (tertiary/aromatic N) is 1. The molecule has 0 aliphatic heterocycles. The van der Waals surface area contributed by atoms with Crippen LogP contribution in [0.3, 0.4) is 0 Å². The Kier molecular flexibility index (Phi) is 3.90. The molecule has 0 fully saturated rings. The highest BCUT2D eigenvalue weighted by atomic mass is 32.2. The Morgan fingerprint density at radius 1 is 1.00 bits per heavy atom. The van der Waals surface area contributed by atoms with Crippen LogP contribution in [0.1, 0.15) is 18.2 Å². The van der Waals surface area contributed by atoms with Crippen LogP contribution in [-0.2, 0) is 9.84 Å². The lowest BCUT2D eigenvalue weighted by Crippen LogP contribution is -1.97. The molecule has 0 amide bonds. The molecule has 3 nitrogen and oxygen atoms in total. The average Bonchev–Trinajstić information content (AvgIpc) is 2.89. The van der Waals surface area contributed by atoms with Crippen molar-refractivity contribution in [3.05, 3.63) is 71.8 Å². The van der Waals surface area contributed by atoms with Gasteiger partial charge in [-0.25, -0.2) is 12.8 Å². The minimum Gasteiger partial charge on any atom is -0.253 e. The van der Waals surface area contributed by atoms with E-state index in [9.17, 15) is 12.8 Å². The minimum atomic E-state index is -3.21. The van der Waals surface area contributed by atoms with Gasteiger partial charge in [0.2, 0.25) is 0 Å². The van der Waals surface area contributed by atoms with Crippen molar-refractivity contribution in [2.75, 3.05) is 6.26 Å². The second kappa shape index (κ2) is 5.74. The predicted octanol–water partition coefficient (Wildman–Crippen LogP) is 3.74. The van der Waals surface area contributed by atoms with Gasteiger partial charge in [0.05, 0.1) is 16.8 Å². The van der Waals surface area contributed by atoms with E-state index in [-0.39, 0.29) is 11.7 Å². The molecule has 1 aliphatic carbocycles. The first-order valence-corrected chi connectivity index (χ1v) is 9.10. The van der Waals surface area contributed by atoms with Crippen LogP contribution in [0.15, 0.2) is 59.6 Å². The number of pyridine rings is 1. The zero-order chi connectivity index (χ0) is 16.6. The summed E-state index contributed by atoms with van der Waals surface area (Å²) in [6, 6.07) is 9.82. The molecular formula is C18H16FNO2S. The summed E-state index contributed by atoms with van der Waals surface area (Å²) in [4.78, 5) is 4.44. The zero-order valence-electron chi connectivity index (χ0n) is 12.8. The average molecular weight is 329 g/mol. The Balaban J connectivity index is 2.00. The second-order valence-electron chi connectivity index (χ2n) is 5.68. The lowest BCUT2D eigenvalue weighted by molar-refractivity contribution is 0.602. The SMILES string of the molecule is CC1C=C(c2ccc(S(C)(=O)=O)cc2)C(c2ccc(F)cn2)=C1. The van der Waals surface area contributed by atoms with E-state index in [2.05, 4.69) is 24.1 Å². The Morgan fingerprint density at radius 2 is 1.65 bits per heavy atom. The molecule has 2 aromatic rings. The van der Waals surface area contributed by atoms with Gasteiger partial charge in [-0.2, -0.15) is 0 Å². The van der Waals surface area contributed by atoms with Gasteiger partial charge in [-0.05, 0) is 41.3 Å². The molecule has 0 saturated carbocycles. The fourth-order valence-corrected chi connectivity index (χ4v) is 3.28. The van der Waals surface area contributed by atoms with Crippen molar-refractivity contribution in [3.63, 3.8) is 0 Å². The lowest BCUT2D eigenvalue weighted by atomic mass is 9.98. The minimum absolute atomic E-state index is 0.237. The number of sulfone groups is 1. The Morgan fingerprint density at radius 3 is 2.22 bits per heavy atom. The summed E-state index contributed by atoms with van der Waals surface area (Å²) in [7, 11) is -3.21. The molecule has 1 atom stereocenters. The first-order valence-electron chi connectivity index (χ1n) is 7.21. The van der Waals surface area contributed by atoms with E-state index in [1.165, 1.54) is 18.5 Å². The number of halogens is 1. The fourth-order valence-electron chi connectivity index (χ4n) is 2.65. The summed E-state index contributed by atoms with van der Waals surface area (Å²) in [5.41, 5.74) is 3.54. The Hall–Kier alpha value is -2.27. The molecule has 0 N–H and O–H groups in total. The molecule has 0 spiro atoms. The van der Waals surface area contributed by atoms with E-state index in [4.69, 9.17) is 0 Å². The quantitative estimate of drug-likeness (QED) is 0.862. The highest BCUT2D eigenvalue weighted by Gasteiger charge is 2.19. The number of benzene rings is 1. The predicted molar refractivity (Wildman–Crippen MR) is 88.9 cm³/mol. The van der Waals surface area contributed by atoms with Crippen LogP contribution in [0.25, 0.3) is 11.1 Å². The highest BCUT2D eigenvalue weighted by molar-refractivity contribution is 7.90. The monoisotopic (exact) mass is 329 g/mol. The summed E-state index contributed by atoms with van der Waals surface area (Å²) < 4.78 is 36.2. The van der Waals surface area contributed by atoms with Gasteiger partial charge < -0.3 is 0 Å². The van der Waals surface area contributed by atoms with Crippen LogP contribution in [0.2, 0.25) is 0 Å². The number of rotatable bonds is 3. The largest absolute Gasteiger partial charge is 0.253 e. The topological polar surface area (TPSA) is 47.0 Å². The van der Waals surface area contributed by atoms with E-state index >= 15 is 0 Å². The molecule has 3 rings (SSSR count). The fraction of sp³-hybridized carbons (Fsp3) is 0.167. The van der Waals surface area contributed by atoms with Gasteiger partial charge in [0.25, 0.3) is 0 Å². The number of hydrogen-bond acceptors (Lipinski definition) is 3. The van der Waals surface area contributed by atoms with Crippen molar-refractivity contribution in [1.82, 2.24) is 4.98 Å². The first kappa shape index (κ1) is 15.6. The van der Waals surface area contributed by atoms with Crippen LogP contribution in [0.4, 0.5) is 4.39 Å². The summed E-state index contributed by atoms with van der Waals surface area (Å²) in [6.45, 7) is 2.06. The van der Waals surface area contributed by atoms with E-state index in [0.717, 1.165) is 16.7 Å². The molecule has 1 aliphatic rings. The maximum Gasteiger partial charge on any atom is 0.175 e. The maximum absolute atomic E-state index is 13.1. The normalized spacial score (nSPS) is 17.8. The summed E-state index contributed by atoms with van der Waals surface area (Å²) in [5, 5.41) is 0. The molecule has 1 aromatic heterocycles. The van der Waals surface area contributed by atoms with Crippen molar-refractivity contribution in [2.45, 2.75) is 11.8 Å². The summed E-state index contributed by atoms with van der Waals surface area (Å²) in [6.07, 6.45) is 6.55. The number of hydrogen-bond donors (Lipinski definition) is 0. The summed E-state index contributed by atoms with van der Waals surface area (Å²) >= 11 is 0. The van der Waals surface area contributed by atoms with Crippen LogP contribution in [-0.4, -0.2) is 19.7 Å². The molecule has 0 bridgehead atoms. The smallest absolute Gasteiger partial charge is 0.175 e. The highest BCUT2D eigenvalue weighted by Crippen LogP contribution is 2.37. The summed E-state index contributed by atoms with van der Waals surface area (Å²) in [5.74, 6) is -0.134. The lowest BCUT2D eigenvalue weighted by Gasteiger charge is -2.09. The molecule has 0 radical (unpaired) electrons. The van der Waals surface area contributed by atoms with Crippen molar-refractivity contribution < 1.29 is 12.8 Å². The molecule has 1 heterocycles. The Bertz CT molecular complexity index is 895. The number of aromatic nitrogens is 1. The van der Waals surface area contributed by atoms with Gasteiger partial charge in [-0.1, -0.05) is 31.2 Å². The third kappa shape index (κ3) is 3.24. The molecule has 1 aromatic carbocycles. The van der Waals surface area contributed by atoms with Crippen molar-refractivity contribution in [3.8, 4) is 0 Å². The van der Waals surface area contributed by atoms with Crippen LogP contribution in [0.5, 0.6) is 0 Å². The molecule has 1 unspecified atom stereocenters. The van der Waals surface area contributed by atoms with E-state index in [0.29, 0.717) is 10.6 Å². The van der Waals surface area contributed by atoms with Gasteiger partial charge >= 0.3 is 0 Å². The van der Waals surface area contributed by atoms with Crippen molar-refractivity contribution in [1.29, 1.82) is 0 Å². The van der Waals surface area contributed by atoms with Gasteiger partial charge in [-0.15, -0.1) is 0 Å². The third-order valence-electron chi connectivity index (χ3n) is 3.75. The zero-order valence-corrected chi connectivity index (χ0v) is 13.6. The van der Waals surface area contributed by atoms with E-state index < -0.39 is 9.84 Å². The van der Waals surface area contributed by atoms with Crippen LogP contribution < -0.4 is 0 Å². The second-order valence-corrected chi connectivity index (χ2v) is 7.69. The van der Waals surface area contributed by atoms with Gasteiger partial charge in [-0.3, -0.25) is 4.98 Å². The van der Waals surface area contributed by atoms with Gasteiger partial charge in [0, 0.05) is 11.8 Å². The first-order chi connectivity index (χ1) is 10.8. The Labute approximate surface area is 135 Å².